The largest absolute Gasteiger partial charge is 0.522 e. The molecule has 0 aliphatic rings. The summed E-state index contributed by atoms with van der Waals surface area (Å²) < 4.78 is 61.9. The lowest BCUT2D eigenvalue weighted by Crippen LogP contribution is -2.17. The number of furan rings is 1. The molecule has 0 aliphatic carbocycles. The van der Waals surface area contributed by atoms with Crippen molar-refractivity contribution in [1.29, 1.82) is 0 Å². The molecule has 0 N–H and O–H groups in total. The molecule has 3 heterocycles. The third-order valence-electron chi connectivity index (χ3n) is 5.11. The van der Waals surface area contributed by atoms with Gasteiger partial charge in [-0.15, -0.1) is 13.2 Å². The van der Waals surface area contributed by atoms with Crippen LogP contribution in [0, 0.1) is 5.82 Å². The van der Waals surface area contributed by atoms with E-state index in [0.29, 0.717) is 39.4 Å². The number of fused-ring (bicyclic) bond motifs is 1. The molecule has 34 heavy (non-hydrogen) atoms. The molecule has 0 bridgehead atoms. The molecule has 0 atom stereocenters. The molecule has 0 saturated carbocycles. The summed E-state index contributed by atoms with van der Waals surface area (Å²) in [5.41, 5.74) is 3.22. The monoisotopic (exact) mass is 468 g/mol. The summed E-state index contributed by atoms with van der Waals surface area (Å²) in [6.45, 7) is -0.765. The van der Waals surface area contributed by atoms with Crippen molar-refractivity contribution in [2.24, 2.45) is 0 Å². The van der Waals surface area contributed by atoms with Crippen molar-refractivity contribution in [2.75, 3.05) is 6.61 Å². The van der Waals surface area contributed by atoms with Crippen LogP contribution in [0.3, 0.4) is 0 Å². The van der Waals surface area contributed by atoms with Gasteiger partial charge in [0.15, 0.2) is 0 Å². The average Bonchev–Trinajstić information content (AvgIpc) is 3.44. The van der Waals surface area contributed by atoms with Crippen LogP contribution < -0.4 is 0 Å². The second-order valence-corrected chi connectivity index (χ2v) is 7.37. The van der Waals surface area contributed by atoms with Crippen molar-refractivity contribution in [3.8, 4) is 33.8 Å². The van der Waals surface area contributed by atoms with Crippen LogP contribution in [0.5, 0.6) is 0 Å². The predicted octanol–water partition coefficient (Wildman–Crippen LogP) is 6.10. The molecule has 2 aromatic carbocycles. The number of ether oxygens (including phenoxy) is 1. The van der Waals surface area contributed by atoms with E-state index in [4.69, 9.17) is 4.42 Å². The number of benzene rings is 2. The lowest BCUT2D eigenvalue weighted by Gasteiger charge is -2.06. The summed E-state index contributed by atoms with van der Waals surface area (Å²) in [6.07, 6.45) is -1.82. The first-order valence-corrected chi connectivity index (χ1v) is 10.2. The zero-order valence-electron chi connectivity index (χ0n) is 17.5. The third kappa shape index (κ3) is 4.53. The van der Waals surface area contributed by atoms with Crippen molar-refractivity contribution in [2.45, 2.75) is 12.9 Å². The highest BCUT2D eigenvalue weighted by molar-refractivity contribution is 5.95. The summed E-state index contributed by atoms with van der Waals surface area (Å²) in [7, 11) is 0. The maximum atomic E-state index is 13.5. The second kappa shape index (κ2) is 8.71. The highest BCUT2D eigenvalue weighted by atomic mass is 19.4. The number of alkyl halides is 3. The molecule has 6 nitrogen and oxygen atoms in total. The summed E-state index contributed by atoms with van der Waals surface area (Å²) >= 11 is 0. The molecule has 3 aromatic heterocycles. The van der Waals surface area contributed by atoms with E-state index in [2.05, 4.69) is 19.8 Å². The minimum absolute atomic E-state index is 0.150. The van der Waals surface area contributed by atoms with Crippen LogP contribution in [-0.2, 0) is 11.3 Å². The van der Waals surface area contributed by atoms with Gasteiger partial charge >= 0.3 is 6.36 Å². The summed E-state index contributed by atoms with van der Waals surface area (Å²) in [5, 5.41) is 5.04. The second-order valence-electron chi connectivity index (χ2n) is 7.37. The Kier molecular flexibility index (Phi) is 5.58. The number of hydrogen-bond acceptors (Lipinski definition) is 5. The van der Waals surface area contributed by atoms with Gasteiger partial charge in [-0.25, -0.2) is 14.4 Å². The van der Waals surface area contributed by atoms with E-state index in [1.54, 1.807) is 24.4 Å². The Morgan fingerprint density at radius 1 is 0.912 bits per heavy atom. The van der Waals surface area contributed by atoms with E-state index in [9.17, 15) is 17.6 Å². The maximum absolute atomic E-state index is 13.5. The van der Waals surface area contributed by atoms with Gasteiger partial charge in [-0.2, -0.15) is 5.10 Å². The highest BCUT2D eigenvalue weighted by Gasteiger charge is 2.29. The Bertz CT molecular complexity index is 1430. The minimum atomic E-state index is -4.74. The molecular formula is C24H16F4N4O2. The number of halogens is 4. The van der Waals surface area contributed by atoms with Crippen molar-refractivity contribution < 1.29 is 26.7 Å². The Morgan fingerprint density at radius 2 is 1.68 bits per heavy atom. The van der Waals surface area contributed by atoms with Gasteiger partial charge in [0, 0.05) is 22.9 Å². The SMILES string of the molecule is Fc1ccc(-c2nn(CCOC(F)(F)F)cc2-c2ncnc3oc(-c4ccccc4)cc23)cc1. The van der Waals surface area contributed by atoms with Crippen LogP contribution in [0.1, 0.15) is 0 Å². The molecular weight excluding hydrogens is 452 g/mol. The topological polar surface area (TPSA) is 66.0 Å². The molecule has 0 radical (unpaired) electrons. The molecule has 5 aromatic rings. The number of rotatable bonds is 6. The number of hydrogen-bond donors (Lipinski definition) is 0. The molecule has 5 rings (SSSR count). The third-order valence-corrected chi connectivity index (χ3v) is 5.11. The molecule has 0 fully saturated rings. The van der Waals surface area contributed by atoms with Gasteiger partial charge in [0.05, 0.1) is 24.2 Å². The lowest BCUT2D eigenvalue weighted by atomic mass is 10.0. The van der Waals surface area contributed by atoms with E-state index in [1.807, 2.05) is 30.3 Å². The number of aromatic nitrogens is 4. The number of nitrogens with zero attached hydrogens (tertiary/aromatic N) is 4. The minimum Gasteiger partial charge on any atom is -0.438 e. The molecule has 0 saturated heterocycles. The normalized spacial score (nSPS) is 11.9. The maximum Gasteiger partial charge on any atom is 0.522 e. The smallest absolute Gasteiger partial charge is 0.438 e. The fourth-order valence-electron chi connectivity index (χ4n) is 3.60. The first-order valence-electron chi connectivity index (χ1n) is 10.2. The van der Waals surface area contributed by atoms with Crippen molar-refractivity contribution in [1.82, 2.24) is 19.7 Å². The zero-order chi connectivity index (χ0) is 23.7. The van der Waals surface area contributed by atoms with Crippen LogP contribution >= 0.6 is 0 Å². The summed E-state index contributed by atoms with van der Waals surface area (Å²) in [4.78, 5) is 8.62. The van der Waals surface area contributed by atoms with Crippen LogP contribution in [-0.4, -0.2) is 32.7 Å². The van der Waals surface area contributed by atoms with E-state index in [-0.39, 0.29) is 6.54 Å². The quantitative estimate of drug-likeness (QED) is 0.282. The first kappa shape index (κ1) is 21.8. The van der Waals surface area contributed by atoms with E-state index >= 15 is 0 Å². The molecule has 0 amide bonds. The molecule has 0 unspecified atom stereocenters. The molecule has 0 spiro atoms. The fraction of sp³-hybridized carbons (Fsp3) is 0.125. The summed E-state index contributed by atoms with van der Waals surface area (Å²) in [5.74, 6) is 0.168. The summed E-state index contributed by atoms with van der Waals surface area (Å²) in [6, 6.07) is 16.9. The van der Waals surface area contributed by atoms with Crippen molar-refractivity contribution >= 4 is 11.1 Å². The Hall–Kier alpha value is -4.05. The molecule has 0 aliphatic heterocycles. The molecule has 10 heteroatoms. The highest BCUT2D eigenvalue weighted by Crippen LogP contribution is 2.36. The van der Waals surface area contributed by atoms with Crippen LogP contribution in [0.15, 0.2) is 77.6 Å². The van der Waals surface area contributed by atoms with Gasteiger partial charge in [-0.1, -0.05) is 30.3 Å². The lowest BCUT2D eigenvalue weighted by molar-refractivity contribution is -0.325. The first-order chi connectivity index (χ1) is 16.4. The van der Waals surface area contributed by atoms with Crippen LogP contribution in [0.2, 0.25) is 0 Å². The Labute approximate surface area is 190 Å². The Morgan fingerprint density at radius 3 is 2.41 bits per heavy atom. The van der Waals surface area contributed by atoms with Gasteiger partial charge in [-0.3, -0.25) is 9.42 Å². The van der Waals surface area contributed by atoms with E-state index < -0.39 is 18.8 Å². The van der Waals surface area contributed by atoms with Gasteiger partial charge in [0.25, 0.3) is 0 Å². The zero-order valence-corrected chi connectivity index (χ0v) is 17.5. The predicted molar refractivity (Wildman–Crippen MR) is 116 cm³/mol. The van der Waals surface area contributed by atoms with Crippen LogP contribution in [0.25, 0.3) is 44.9 Å². The fourth-order valence-corrected chi connectivity index (χ4v) is 3.60. The molecule has 172 valence electrons. The van der Waals surface area contributed by atoms with Crippen molar-refractivity contribution in [3.05, 3.63) is 79.0 Å². The van der Waals surface area contributed by atoms with E-state index in [0.717, 1.165) is 5.56 Å². The standard InChI is InChI=1S/C24H16F4N4O2/c25-17-8-6-16(7-9-17)21-19(13-32(31-21)10-11-33-24(26,27)28)22-18-12-20(15-4-2-1-3-5-15)34-23(18)30-14-29-22/h1-9,12-14H,10-11H2. The van der Waals surface area contributed by atoms with Crippen LogP contribution in [0.4, 0.5) is 17.6 Å². The van der Waals surface area contributed by atoms with E-state index in [1.165, 1.54) is 23.1 Å². The van der Waals surface area contributed by atoms with Gasteiger partial charge in [0.1, 0.15) is 23.6 Å². The van der Waals surface area contributed by atoms with Gasteiger partial charge in [-0.05, 0) is 30.3 Å². The van der Waals surface area contributed by atoms with Crippen molar-refractivity contribution in [3.63, 3.8) is 0 Å². The van der Waals surface area contributed by atoms with Gasteiger partial charge in [0.2, 0.25) is 5.71 Å². The van der Waals surface area contributed by atoms with Gasteiger partial charge < -0.3 is 4.42 Å². The average molecular weight is 468 g/mol. The Balaban J connectivity index is 1.60.